The van der Waals surface area contributed by atoms with Crippen LogP contribution in [0.2, 0.25) is 5.02 Å². The molecule has 0 spiro atoms. The third kappa shape index (κ3) is 5.18. The van der Waals surface area contributed by atoms with Gasteiger partial charge in [-0.2, -0.15) is 0 Å². The van der Waals surface area contributed by atoms with Crippen LogP contribution in [-0.2, 0) is 14.4 Å². The Morgan fingerprint density at radius 1 is 0.925 bits per heavy atom. The summed E-state index contributed by atoms with van der Waals surface area (Å²) in [6.45, 7) is 6.86. The number of hydrogen-bond donors (Lipinski definition) is 0. The molecule has 3 aromatic rings. The number of thioether (sulfide) groups is 2. The molecule has 0 saturated carbocycles. The second-order valence-electron chi connectivity index (χ2n) is 10.1. The minimum Gasteiger partial charge on any atom is -0.497 e. The van der Waals surface area contributed by atoms with E-state index in [2.05, 4.69) is 0 Å². The van der Waals surface area contributed by atoms with Crippen molar-refractivity contribution in [1.82, 2.24) is 4.90 Å². The van der Waals surface area contributed by atoms with Crippen LogP contribution in [0.25, 0.3) is 0 Å². The number of rotatable bonds is 5. The second-order valence-corrected chi connectivity index (χ2v) is 13.4. The summed E-state index contributed by atoms with van der Waals surface area (Å²) in [5, 5.41) is -0.291. The maximum absolute atomic E-state index is 14.0. The van der Waals surface area contributed by atoms with Gasteiger partial charge < -0.3 is 14.4 Å². The molecule has 2 amide bonds. The maximum Gasteiger partial charge on any atom is 0.335 e. The molecular formula is C30H29ClN2O5S2. The number of esters is 1. The number of carbonyl (C=O) groups excluding carboxylic acids is 3. The number of anilines is 1. The van der Waals surface area contributed by atoms with Crippen LogP contribution in [0.4, 0.5) is 5.69 Å². The van der Waals surface area contributed by atoms with Crippen molar-refractivity contribution in [3.05, 3.63) is 82.9 Å². The van der Waals surface area contributed by atoms with E-state index in [1.165, 1.54) is 25.6 Å². The molecule has 1 saturated heterocycles. The SMILES string of the molecule is COc1ccc(OC(=O)C2N(C(C)=O)C(c3ccccc3)SC2(C)C)c(C2Sc3cc(Cl)ccc3N2C(C)=O)c1. The lowest BCUT2D eigenvalue weighted by molar-refractivity contribution is -0.148. The molecule has 0 bridgehead atoms. The number of ether oxygens (including phenoxy) is 2. The molecule has 3 atom stereocenters. The molecular weight excluding hydrogens is 568 g/mol. The quantitative estimate of drug-likeness (QED) is 0.235. The minimum absolute atomic E-state index is 0.166. The van der Waals surface area contributed by atoms with Gasteiger partial charge >= 0.3 is 5.97 Å². The van der Waals surface area contributed by atoms with Crippen molar-refractivity contribution in [1.29, 1.82) is 0 Å². The van der Waals surface area contributed by atoms with E-state index < -0.39 is 22.1 Å². The van der Waals surface area contributed by atoms with Gasteiger partial charge in [-0.1, -0.05) is 53.7 Å². The normalized spacial score (nSPS) is 21.2. The average molecular weight is 597 g/mol. The summed E-state index contributed by atoms with van der Waals surface area (Å²) >= 11 is 9.24. The average Bonchev–Trinajstić information content (AvgIpc) is 3.43. The summed E-state index contributed by atoms with van der Waals surface area (Å²) in [6.07, 6.45) is 0. The van der Waals surface area contributed by atoms with E-state index in [-0.39, 0.29) is 17.2 Å². The van der Waals surface area contributed by atoms with Crippen molar-refractivity contribution in [2.45, 2.75) is 54.1 Å². The Balaban J connectivity index is 1.52. The van der Waals surface area contributed by atoms with Crippen molar-refractivity contribution in [2.75, 3.05) is 12.0 Å². The first-order valence-electron chi connectivity index (χ1n) is 12.7. The molecule has 208 valence electrons. The lowest BCUT2D eigenvalue weighted by Gasteiger charge is -2.31. The number of hydrogen-bond acceptors (Lipinski definition) is 7. The standard InChI is InChI=1S/C30H29ClN2O5S2/c1-17(34)32-23-13-11-20(31)15-25(23)39-28(32)22-16-21(37-5)12-14-24(22)38-29(36)26-30(3,4)40-27(33(26)18(2)35)19-9-7-6-8-10-19/h6-16,26-28H,1-5H3. The fraction of sp³-hybridized carbons (Fsp3) is 0.300. The predicted octanol–water partition coefficient (Wildman–Crippen LogP) is 6.85. The van der Waals surface area contributed by atoms with E-state index in [4.69, 9.17) is 21.1 Å². The van der Waals surface area contributed by atoms with E-state index in [0.29, 0.717) is 22.1 Å². The van der Waals surface area contributed by atoms with Crippen LogP contribution >= 0.6 is 35.1 Å². The third-order valence-corrected chi connectivity index (χ3v) is 10.0. The van der Waals surface area contributed by atoms with E-state index in [1.54, 1.807) is 52.9 Å². The molecule has 3 aromatic carbocycles. The summed E-state index contributed by atoms with van der Waals surface area (Å²) in [5.74, 6) is -0.0822. The van der Waals surface area contributed by atoms with Gasteiger partial charge in [0.25, 0.3) is 0 Å². The number of fused-ring (bicyclic) bond motifs is 1. The smallest absolute Gasteiger partial charge is 0.335 e. The first kappa shape index (κ1) is 28.4. The summed E-state index contributed by atoms with van der Waals surface area (Å²) in [4.78, 5) is 43.9. The largest absolute Gasteiger partial charge is 0.497 e. The van der Waals surface area contributed by atoms with E-state index in [9.17, 15) is 14.4 Å². The molecule has 2 heterocycles. The van der Waals surface area contributed by atoms with Crippen molar-refractivity contribution in [3.63, 3.8) is 0 Å². The zero-order valence-corrected chi connectivity index (χ0v) is 25.1. The Bertz CT molecular complexity index is 1480. The highest BCUT2D eigenvalue weighted by Crippen LogP contribution is 2.55. The predicted molar refractivity (Wildman–Crippen MR) is 159 cm³/mol. The maximum atomic E-state index is 14.0. The van der Waals surface area contributed by atoms with Gasteiger partial charge in [0.1, 0.15) is 28.3 Å². The molecule has 0 N–H and O–H groups in total. The molecule has 1 fully saturated rings. The van der Waals surface area contributed by atoms with Crippen LogP contribution in [0.3, 0.4) is 0 Å². The number of benzene rings is 3. The Hall–Kier alpha value is -3.14. The first-order valence-corrected chi connectivity index (χ1v) is 14.8. The highest BCUT2D eigenvalue weighted by Gasteiger charge is 2.54. The van der Waals surface area contributed by atoms with E-state index >= 15 is 0 Å². The number of amides is 2. The van der Waals surface area contributed by atoms with Gasteiger partial charge in [0, 0.05) is 34.1 Å². The summed E-state index contributed by atoms with van der Waals surface area (Å²) in [6, 6.07) is 19.3. The van der Waals surface area contributed by atoms with Gasteiger partial charge in [0.2, 0.25) is 11.8 Å². The van der Waals surface area contributed by atoms with Gasteiger partial charge in [0.15, 0.2) is 0 Å². The van der Waals surface area contributed by atoms with Crippen LogP contribution < -0.4 is 14.4 Å². The second kappa shape index (κ2) is 11.0. The molecule has 2 aliphatic rings. The summed E-state index contributed by atoms with van der Waals surface area (Å²) in [7, 11) is 1.55. The molecule has 3 unspecified atom stereocenters. The lowest BCUT2D eigenvalue weighted by atomic mass is 10.0. The summed E-state index contributed by atoms with van der Waals surface area (Å²) in [5.41, 5.74) is 2.26. The van der Waals surface area contributed by atoms with E-state index in [1.807, 2.05) is 56.3 Å². The molecule has 40 heavy (non-hydrogen) atoms. The molecule has 0 radical (unpaired) electrons. The van der Waals surface area contributed by atoms with Crippen molar-refractivity contribution >= 4 is 58.6 Å². The van der Waals surface area contributed by atoms with Gasteiger partial charge in [0.05, 0.1) is 12.8 Å². The van der Waals surface area contributed by atoms with E-state index in [0.717, 1.165) is 16.1 Å². The Morgan fingerprint density at radius 2 is 1.65 bits per heavy atom. The highest BCUT2D eigenvalue weighted by atomic mass is 35.5. The third-order valence-electron chi connectivity index (χ3n) is 6.96. The zero-order valence-electron chi connectivity index (χ0n) is 22.7. The summed E-state index contributed by atoms with van der Waals surface area (Å²) < 4.78 is 11.0. The molecule has 0 aliphatic carbocycles. The fourth-order valence-corrected chi connectivity index (χ4v) is 8.42. The Kier molecular flexibility index (Phi) is 7.83. The zero-order chi connectivity index (χ0) is 28.8. The first-order chi connectivity index (χ1) is 19.0. The number of nitrogens with zero attached hydrogens (tertiary/aromatic N) is 2. The number of carbonyl (C=O) groups is 3. The Morgan fingerprint density at radius 3 is 2.30 bits per heavy atom. The van der Waals surface area contributed by atoms with Crippen LogP contribution in [0.15, 0.2) is 71.6 Å². The monoisotopic (exact) mass is 596 g/mol. The van der Waals surface area contributed by atoms with Crippen molar-refractivity contribution in [2.24, 2.45) is 0 Å². The van der Waals surface area contributed by atoms with Crippen LogP contribution in [0, 0.1) is 0 Å². The lowest BCUT2D eigenvalue weighted by Crippen LogP contribution is -2.50. The minimum atomic E-state index is -0.841. The van der Waals surface area contributed by atoms with Gasteiger partial charge in [-0.3, -0.25) is 14.5 Å². The number of methoxy groups -OCH3 is 1. The van der Waals surface area contributed by atoms with Crippen LogP contribution in [0.1, 0.15) is 49.6 Å². The van der Waals surface area contributed by atoms with Gasteiger partial charge in [-0.25, -0.2) is 4.79 Å². The molecule has 0 aromatic heterocycles. The van der Waals surface area contributed by atoms with Crippen molar-refractivity contribution in [3.8, 4) is 11.5 Å². The van der Waals surface area contributed by atoms with Crippen LogP contribution in [-0.4, -0.2) is 40.6 Å². The van der Waals surface area contributed by atoms with Crippen LogP contribution in [0.5, 0.6) is 11.5 Å². The molecule has 7 nitrogen and oxygen atoms in total. The van der Waals surface area contributed by atoms with Gasteiger partial charge in [-0.15, -0.1) is 11.8 Å². The highest BCUT2D eigenvalue weighted by molar-refractivity contribution is 8.01. The molecule has 5 rings (SSSR count). The Labute approximate surface area is 247 Å². The molecule has 2 aliphatic heterocycles. The topological polar surface area (TPSA) is 76.2 Å². The van der Waals surface area contributed by atoms with Crippen molar-refractivity contribution < 1.29 is 23.9 Å². The number of halogens is 1. The fourth-order valence-electron chi connectivity index (χ4n) is 5.19. The molecule has 10 heteroatoms. The van der Waals surface area contributed by atoms with Gasteiger partial charge in [-0.05, 0) is 55.8 Å².